The monoisotopic (exact) mass is 362 g/mol. The molecule has 4 rings (SSSR count). The molecular formula is C18H23ClN4O2. The first-order valence-electron chi connectivity index (χ1n) is 8.58. The van der Waals surface area contributed by atoms with Crippen LogP contribution in [0.5, 0.6) is 0 Å². The Balaban J connectivity index is 1.54. The Hall–Kier alpha value is -1.60. The number of benzene rings is 1. The number of hydrogen-bond donors (Lipinski definition) is 2. The third-order valence-corrected chi connectivity index (χ3v) is 5.84. The van der Waals surface area contributed by atoms with Crippen LogP contribution in [-0.2, 0) is 4.74 Å². The maximum Gasteiger partial charge on any atom is 0.123 e. The Morgan fingerprint density at radius 2 is 2.00 bits per heavy atom. The van der Waals surface area contributed by atoms with Crippen molar-refractivity contribution in [1.29, 1.82) is 0 Å². The van der Waals surface area contributed by atoms with Gasteiger partial charge >= 0.3 is 0 Å². The van der Waals surface area contributed by atoms with Crippen molar-refractivity contribution in [2.45, 2.75) is 18.6 Å². The molecule has 0 unspecified atom stereocenters. The van der Waals surface area contributed by atoms with Crippen molar-refractivity contribution < 1.29 is 9.84 Å². The summed E-state index contributed by atoms with van der Waals surface area (Å²) in [4.78, 5) is 8.75. The molecule has 7 heteroatoms. The van der Waals surface area contributed by atoms with Crippen LogP contribution in [0.15, 0.2) is 24.4 Å². The maximum absolute atomic E-state index is 10.3. The van der Waals surface area contributed by atoms with Crippen LogP contribution >= 0.6 is 11.6 Å². The van der Waals surface area contributed by atoms with Gasteiger partial charge in [-0.1, -0.05) is 11.6 Å². The lowest BCUT2D eigenvalue weighted by Gasteiger charge is -2.45. The van der Waals surface area contributed by atoms with Crippen LogP contribution in [0.1, 0.15) is 6.92 Å². The second-order valence-electron chi connectivity index (χ2n) is 7.12. The third-order valence-electron chi connectivity index (χ3n) is 5.54. The van der Waals surface area contributed by atoms with Crippen molar-refractivity contribution in [3.05, 3.63) is 29.4 Å². The second-order valence-corrected chi connectivity index (χ2v) is 7.53. The molecule has 2 aliphatic rings. The first-order valence-corrected chi connectivity index (χ1v) is 8.96. The van der Waals surface area contributed by atoms with E-state index in [4.69, 9.17) is 22.1 Å². The van der Waals surface area contributed by atoms with E-state index in [0.717, 1.165) is 47.7 Å². The van der Waals surface area contributed by atoms with E-state index in [1.54, 1.807) is 6.20 Å². The van der Waals surface area contributed by atoms with Gasteiger partial charge in [0.25, 0.3) is 0 Å². The number of rotatable bonds is 2. The van der Waals surface area contributed by atoms with Gasteiger partial charge < -0.3 is 20.5 Å². The largest absolute Gasteiger partial charge is 0.389 e. The van der Waals surface area contributed by atoms with Crippen LogP contribution in [0.25, 0.3) is 10.8 Å². The van der Waals surface area contributed by atoms with E-state index in [-0.39, 0.29) is 5.54 Å². The topological polar surface area (TPSA) is 74.9 Å². The molecule has 0 radical (unpaired) electrons. The van der Waals surface area contributed by atoms with Gasteiger partial charge in [-0.15, -0.1) is 0 Å². The Morgan fingerprint density at radius 1 is 1.24 bits per heavy atom. The molecule has 2 aromatic rings. The molecule has 3 heterocycles. The second kappa shape index (κ2) is 6.29. The van der Waals surface area contributed by atoms with Crippen LogP contribution in [0, 0.1) is 0 Å². The number of piperazine rings is 1. The number of nitrogens with two attached hydrogens (primary N) is 1. The summed E-state index contributed by atoms with van der Waals surface area (Å²) in [5.74, 6) is 0.508. The van der Waals surface area contributed by atoms with E-state index >= 15 is 0 Å². The van der Waals surface area contributed by atoms with Crippen LogP contribution in [0.2, 0.25) is 5.02 Å². The van der Waals surface area contributed by atoms with Gasteiger partial charge in [-0.3, -0.25) is 4.90 Å². The smallest absolute Gasteiger partial charge is 0.123 e. The summed E-state index contributed by atoms with van der Waals surface area (Å²) in [6.45, 7) is 6.52. The highest BCUT2D eigenvalue weighted by Gasteiger charge is 2.44. The molecule has 1 aromatic heterocycles. The summed E-state index contributed by atoms with van der Waals surface area (Å²) >= 11 is 6.52. The standard InChI is InChI=1S/C18H23ClN4O2/c1-18(11-25-10-16(18)24)23-4-2-22(3-5-23)15-7-12-8-17(20)21-9-13(12)6-14(15)19/h6-9,16,24H,2-5,10-11H2,1H3,(H2,20,21)/t16-,18+/m0/s1. The number of nitrogen functional groups attached to an aromatic ring is 1. The van der Waals surface area contributed by atoms with Gasteiger partial charge in [0.15, 0.2) is 0 Å². The highest BCUT2D eigenvalue weighted by molar-refractivity contribution is 6.34. The summed E-state index contributed by atoms with van der Waals surface area (Å²) in [7, 11) is 0. The van der Waals surface area contributed by atoms with E-state index in [1.165, 1.54) is 0 Å². The molecule has 0 bridgehead atoms. The molecule has 2 atom stereocenters. The minimum atomic E-state index is -0.432. The number of aliphatic hydroxyl groups excluding tert-OH is 1. The maximum atomic E-state index is 10.3. The van der Waals surface area contributed by atoms with E-state index < -0.39 is 6.10 Å². The van der Waals surface area contributed by atoms with Gasteiger partial charge in [-0.05, 0) is 30.5 Å². The third kappa shape index (κ3) is 2.93. The molecule has 2 fully saturated rings. The fourth-order valence-corrected chi connectivity index (χ4v) is 4.12. The van der Waals surface area contributed by atoms with E-state index in [0.29, 0.717) is 19.0 Å². The van der Waals surface area contributed by atoms with Gasteiger partial charge in [-0.25, -0.2) is 4.98 Å². The summed E-state index contributed by atoms with van der Waals surface area (Å²) in [6.07, 6.45) is 1.32. The van der Waals surface area contributed by atoms with Gasteiger partial charge in [0.05, 0.1) is 35.6 Å². The number of aromatic nitrogens is 1. The predicted molar refractivity (Wildman–Crippen MR) is 100 cm³/mol. The number of ether oxygens (including phenoxy) is 1. The fraction of sp³-hybridized carbons (Fsp3) is 0.500. The van der Waals surface area contributed by atoms with E-state index in [2.05, 4.69) is 27.8 Å². The lowest BCUT2D eigenvalue weighted by Crippen LogP contribution is -2.60. The summed E-state index contributed by atoms with van der Waals surface area (Å²) < 4.78 is 5.47. The molecular weight excluding hydrogens is 340 g/mol. The highest BCUT2D eigenvalue weighted by Crippen LogP contribution is 2.33. The number of nitrogens with zero attached hydrogens (tertiary/aromatic N) is 3. The lowest BCUT2D eigenvalue weighted by molar-refractivity contribution is 0.00884. The van der Waals surface area contributed by atoms with Crippen molar-refractivity contribution in [2.24, 2.45) is 0 Å². The Bertz CT molecular complexity index is 794. The number of halogens is 1. The molecule has 6 nitrogen and oxygen atoms in total. The van der Waals surface area contributed by atoms with Crippen LogP contribution in [-0.4, -0.2) is 66.0 Å². The van der Waals surface area contributed by atoms with Crippen molar-refractivity contribution >= 4 is 33.9 Å². The highest BCUT2D eigenvalue weighted by atomic mass is 35.5. The van der Waals surface area contributed by atoms with Crippen molar-refractivity contribution in [2.75, 3.05) is 50.0 Å². The Morgan fingerprint density at radius 3 is 2.68 bits per heavy atom. The number of fused-ring (bicyclic) bond motifs is 1. The normalized spacial score (nSPS) is 28.0. The Labute approximate surface area is 152 Å². The zero-order valence-electron chi connectivity index (χ0n) is 14.3. The fourth-order valence-electron chi connectivity index (χ4n) is 3.83. The molecule has 3 N–H and O–H groups in total. The van der Waals surface area contributed by atoms with E-state index in [9.17, 15) is 5.11 Å². The SMILES string of the molecule is C[C@@]1(N2CCN(c3cc4cc(N)ncc4cc3Cl)CC2)COC[C@@H]1O. The zero-order valence-corrected chi connectivity index (χ0v) is 15.0. The van der Waals surface area contributed by atoms with Crippen LogP contribution < -0.4 is 10.6 Å². The number of pyridine rings is 1. The zero-order chi connectivity index (χ0) is 17.6. The minimum Gasteiger partial charge on any atom is -0.389 e. The average molecular weight is 363 g/mol. The summed E-state index contributed by atoms with van der Waals surface area (Å²) in [5.41, 5.74) is 6.53. The van der Waals surface area contributed by atoms with Gasteiger partial charge in [0, 0.05) is 37.8 Å². The van der Waals surface area contributed by atoms with Gasteiger partial charge in [0.2, 0.25) is 0 Å². The number of aliphatic hydroxyl groups is 1. The predicted octanol–water partition coefficient (Wildman–Crippen LogP) is 1.74. The van der Waals surface area contributed by atoms with Crippen LogP contribution in [0.3, 0.4) is 0 Å². The molecule has 134 valence electrons. The first kappa shape index (κ1) is 16.8. The lowest BCUT2D eigenvalue weighted by atomic mass is 9.95. The molecule has 0 saturated carbocycles. The van der Waals surface area contributed by atoms with Gasteiger partial charge in [-0.2, -0.15) is 0 Å². The molecule has 2 aliphatic heterocycles. The molecule has 25 heavy (non-hydrogen) atoms. The molecule has 1 aromatic carbocycles. The van der Waals surface area contributed by atoms with Crippen molar-refractivity contribution in [1.82, 2.24) is 9.88 Å². The molecule has 0 spiro atoms. The van der Waals surface area contributed by atoms with Crippen LogP contribution in [0.4, 0.5) is 11.5 Å². The van der Waals surface area contributed by atoms with Crippen molar-refractivity contribution in [3.8, 4) is 0 Å². The number of anilines is 2. The minimum absolute atomic E-state index is 0.292. The molecule has 0 amide bonds. The van der Waals surface area contributed by atoms with E-state index in [1.807, 2.05) is 12.1 Å². The molecule has 0 aliphatic carbocycles. The first-order chi connectivity index (χ1) is 12.0. The summed E-state index contributed by atoms with van der Waals surface area (Å²) in [6, 6.07) is 5.90. The van der Waals surface area contributed by atoms with Crippen molar-refractivity contribution in [3.63, 3.8) is 0 Å². The number of hydrogen-bond acceptors (Lipinski definition) is 6. The molecule has 2 saturated heterocycles. The summed E-state index contributed by atoms with van der Waals surface area (Å²) in [5, 5.41) is 13.0. The average Bonchev–Trinajstić information content (AvgIpc) is 2.95. The Kier molecular flexibility index (Phi) is 4.24. The quantitative estimate of drug-likeness (QED) is 0.847. The van der Waals surface area contributed by atoms with Gasteiger partial charge in [0.1, 0.15) is 5.82 Å².